The first-order chi connectivity index (χ1) is 17.1. The highest BCUT2D eigenvalue weighted by molar-refractivity contribution is 5.96. The maximum absolute atomic E-state index is 13.7. The number of aryl methyl sites for hydroxylation is 2. The third-order valence-corrected chi connectivity index (χ3v) is 6.20. The number of fused-ring (bicyclic) bond motifs is 2. The smallest absolute Gasteiger partial charge is 0.431 e. The number of carbonyl (C=O) groups is 1. The van der Waals surface area contributed by atoms with E-state index in [0.717, 1.165) is 17.2 Å². The van der Waals surface area contributed by atoms with Crippen LogP contribution in [0.5, 0.6) is 11.5 Å². The summed E-state index contributed by atoms with van der Waals surface area (Å²) < 4.78 is 47.3. The van der Waals surface area contributed by atoms with Gasteiger partial charge in [-0.1, -0.05) is 54.6 Å². The molecule has 1 aliphatic rings. The van der Waals surface area contributed by atoms with Crippen LogP contribution in [0.3, 0.4) is 0 Å². The monoisotopic (exact) mass is 490 g/mol. The summed E-state index contributed by atoms with van der Waals surface area (Å²) in [6.07, 6.45) is -4.81. The van der Waals surface area contributed by atoms with Crippen LogP contribution >= 0.6 is 0 Å². The highest BCUT2D eigenvalue weighted by Gasteiger charge is 2.37. The van der Waals surface area contributed by atoms with Gasteiger partial charge in [-0.25, -0.2) is 0 Å². The normalized spacial score (nSPS) is 14.4. The number of H-pyrrole nitrogens is 1. The SMILES string of the molecule is Cc1ccc2c(c1)Oc1cccc(C)c1C2NC(=O)c1cc(-c2ccccc2)c(C(F)(F)F)[nH]c1=O. The second kappa shape index (κ2) is 8.71. The predicted molar refractivity (Wildman–Crippen MR) is 129 cm³/mol. The number of rotatable bonds is 3. The van der Waals surface area contributed by atoms with Crippen LogP contribution in [0.25, 0.3) is 11.1 Å². The molecule has 0 saturated carbocycles. The van der Waals surface area contributed by atoms with Crippen molar-refractivity contribution in [2.45, 2.75) is 26.1 Å². The van der Waals surface area contributed by atoms with Crippen molar-refractivity contribution in [3.63, 3.8) is 0 Å². The molecule has 5 nitrogen and oxygen atoms in total. The van der Waals surface area contributed by atoms with Crippen LogP contribution in [0.1, 0.15) is 44.3 Å². The summed E-state index contributed by atoms with van der Waals surface area (Å²) in [5.74, 6) is 0.323. The van der Waals surface area contributed by atoms with Crippen molar-refractivity contribution in [3.8, 4) is 22.6 Å². The quantitative estimate of drug-likeness (QED) is 0.354. The highest BCUT2D eigenvalue weighted by Crippen LogP contribution is 2.44. The van der Waals surface area contributed by atoms with E-state index in [9.17, 15) is 22.8 Å². The third-order valence-electron chi connectivity index (χ3n) is 6.20. The maximum atomic E-state index is 13.7. The van der Waals surface area contributed by atoms with Crippen LogP contribution in [-0.2, 0) is 6.18 Å². The van der Waals surface area contributed by atoms with Gasteiger partial charge < -0.3 is 15.0 Å². The molecule has 1 atom stereocenters. The second-order valence-corrected chi connectivity index (χ2v) is 8.70. The van der Waals surface area contributed by atoms with Gasteiger partial charge in [0, 0.05) is 16.7 Å². The molecular formula is C28H21F3N2O3. The molecule has 8 heteroatoms. The van der Waals surface area contributed by atoms with Crippen LogP contribution in [0.2, 0.25) is 0 Å². The molecule has 0 spiro atoms. The van der Waals surface area contributed by atoms with Crippen molar-refractivity contribution >= 4 is 5.91 Å². The Balaban J connectivity index is 1.62. The number of carbonyl (C=O) groups excluding carboxylic acids is 1. The lowest BCUT2D eigenvalue weighted by Gasteiger charge is -2.30. The minimum Gasteiger partial charge on any atom is -0.457 e. The van der Waals surface area contributed by atoms with Gasteiger partial charge in [-0.15, -0.1) is 0 Å². The fourth-order valence-corrected chi connectivity index (χ4v) is 4.48. The molecule has 1 aliphatic heterocycles. The Morgan fingerprint density at radius 1 is 0.944 bits per heavy atom. The Kier molecular flexibility index (Phi) is 5.67. The van der Waals surface area contributed by atoms with Crippen molar-refractivity contribution < 1.29 is 22.7 Å². The Labute approximate surface area is 204 Å². The first-order valence-corrected chi connectivity index (χ1v) is 11.2. The predicted octanol–water partition coefficient (Wildman–Crippen LogP) is 6.30. The zero-order valence-corrected chi connectivity index (χ0v) is 19.4. The number of benzene rings is 3. The number of ether oxygens (including phenoxy) is 1. The Bertz CT molecular complexity index is 1540. The second-order valence-electron chi connectivity index (χ2n) is 8.70. The first-order valence-electron chi connectivity index (χ1n) is 11.2. The number of halogens is 3. The van der Waals surface area contributed by atoms with Crippen LogP contribution in [0.4, 0.5) is 13.2 Å². The Morgan fingerprint density at radius 2 is 1.69 bits per heavy atom. The van der Waals surface area contributed by atoms with E-state index in [1.165, 1.54) is 12.1 Å². The molecule has 1 unspecified atom stereocenters. The average molecular weight is 490 g/mol. The Morgan fingerprint density at radius 3 is 2.42 bits per heavy atom. The van der Waals surface area contributed by atoms with Gasteiger partial charge >= 0.3 is 6.18 Å². The molecule has 0 radical (unpaired) electrons. The van der Waals surface area contributed by atoms with E-state index in [2.05, 4.69) is 5.32 Å². The summed E-state index contributed by atoms with van der Waals surface area (Å²) in [7, 11) is 0. The lowest BCUT2D eigenvalue weighted by atomic mass is 9.90. The lowest BCUT2D eigenvalue weighted by Crippen LogP contribution is -2.35. The van der Waals surface area contributed by atoms with Crippen molar-refractivity contribution in [1.29, 1.82) is 0 Å². The summed E-state index contributed by atoms with van der Waals surface area (Å²) in [6, 6.07) is 19.2. The zero-order chi connectivity index (χ0) is 25.6. The van der Waals surface area contributed by atoms with Crippen molar-refractivity contribution in [1.82, 2.24) is 10.3 Å². The number of pyridine rings is 1. The molecule has 1 aromatic heterocycles. The summed E-state index contributed by atoms with van der Waals surface area (Å²) in [5.41, 5.74) is 0.407. The van der Waals surface area contributed by atoms with Crippen molar-refractivity contribution in [2.24, 2.45) is 0 Å². The molecule has 0 fully saturated rings. The molecule has 0 bridgehead atoms. The summed E-state index contributed by atoms with van der Waals surface area (Å²) in [4.78, 5) is 28.0. The fourth-order valence-electron chi connectivity index (χ4n) is 4.48. The van der Waals surface area contributed by atoms with Crippen LogP contribution in [-0.4, -0.2) is 10.9 Å². The molecule has 36 heavy (non-hydrogen) atoms. The van der Waals surface area contributed by atoms with Crippen molar-refractivity contribution in [3.05, 3.63) is 117 Å². The van der Waals surface area contributed by atoms with Gasteiger partial charge in [0.25, 0.3) is 11.5 Å². The van der Waals surface area contributed by atoms with E-state index in [-0.39, 0.29) is 11.1 Å². The number of hydrogen-bond acceptors (Lipinski definition) is 3. The lowest BCUT2D eigenvalue weighted by molar-refractivity contribution is -0.140. The van der Waals surface area contributed by atoms with E-state index < -0.39 is 34.9 Å². The van der Waals surface area contributed by atoms with Gasteiger partial charge in [-0.2, -0.15) is 13.2 Å². The highest BCUT2D eigenvalue weighted by atomic mass is 19.4. The molecule has 0 saturated heterocycles. The topological polar surface area (TPSA) is 71.2 Å². The maximum Gasteiger partial charge on any atom is 0.431 e. The number of hydrogen-bond donors (Lipinski definition) is 2. The average Bonchev–Trinajstić information content (AvgIpc) is 2.83. The van der Waals surface area contributed by atoms with Gasteiger partial charge in [0.15, 0.2) is 0 Å². The van der Waals surface area contributed by atoms with Gasteiger partial charge in [-0.3, -0.25) is 9.59 Å². The minimum atomic E-state index is -4.81. The van der Waals surface area contributed by atoms with Gasteiger partial charge in [0.05, 0.1) is 6.04 Å². The van der Waals surface area contributed by atoms with Crippen LogP contribution < -0.4 is 15.6 Å². The van der Waals surface area contributed by atoms with E-state index in [4.69, 9.17) is 4.74 Å². The first kappa shape index (κ1) is 23.4. The molecule has 1 amide bonds. The number of nitrogens with one attached hydrogen (secondary N) is 2. The summed E-state index contributed by atoms with van der Waals surface area (Å²) in [5, 5.41) is 2.87. The van der Waals surface area contributed by atoms with E-state index in [1.807, 2.05) is 49.2 Å². The van der Waals surface area contributed by atoms with E-state index in [1.54, 1.807) is 24.3 Å². The van der Waals surface area contributed by atoms with Crippen molar-refractivity contribution in [2.75, 3.05) is 0 Å². The molecule has 3 aromatic carbocycles. The molecule has 4 aromatic rings. The van der Waals surface area contributed by atoms with E-state index in [0.29, 0.717) is 22.6 Å². The summed E-state index contributed by atoms with van der Waals surface area (Å²) >= 11 is 0. The minimum absolute atomic E-state index is 0.225. The van der Waals surface area contributed by atoms with E-state index >= 15 is 0 Å². The molecule has 2 heterocycles. The standard InChI is InChI=1S/C28H21F3N2O3/c1-15-11-12-18-22(13-15)36-21-10-6-7-16(2)23(21)24(18)32-26(34)20-14-19(17-8-4-3-5-9-17)25(28(29,30)31)33-27(20)35/h3-14,24H,1-2H3,(H,32,34)(H,33,35). The summed E-state index contributed by atoms with van der Waals surface area (Å²) in [6.45, 7) is 3.79. The van der Waals surface area contributed by atoms with Gasteiger partial charge in [-0.05, 0) is 48.7 Å². The molecule has 2 N–H and O–H groups in total. The molecule has 182 valence electrons. The Hall–Kier alpha value is -4.33. The van der Waals surface area contributed by atoms with Gasteiger partial charge in [0.2, 0.25) is 0 Å². The molecule has 5 rings (SSSR count). The van der Waals surface area contributed by atoms with Crippen LogP contribution in [0, 0.1) is 13.8 Å². The fraction of sp³-hybridized carbons (Fsp3) is 0.143. The largest absolute Gasteiger partial charge is 0.457 e. The third kappa shape index (κ3) is 4.15. The molecule has 0 aliphatic carbocycles. The number of aromatic amines is 1. The van der Waals surface area contributed by atoms with Crippen LogP contribution in [0.15, 0.2) is 77.6 Å². The van der Waals surface area contributed by atoms with Gasteiger partial charge in [0.1, 0.15) is 22.8 Å². The number of aromatic nitrogens is 1. The number of alkyl halides is 3. The zero-order valence-electron chi connectivity index (χ0n) is 19.4. The molecular weight excluding hydrogens is 469 g/mol. The number of amides is 1.